The van der Waals surface area contributed by atoms with E-state index >= 15 is 0 Å². The fraction of sp³-hybridized carbons (Fsp3) is 0.857. The van der Waals surface area contributed by atoms with Crippen molar-refractivity contribution >= 4 is 12.1 Å². The van der Waals surface area contributed by atoms with Crippen molar-refractivity contribution in [1.82, 2.24) is 5.32 Å². The molecule has 0 spiro atoms. The molecule has 0 rings (SSSR count). The Balaban J connectivity index is 3.99. The SMILES string of the molecule is CCCOC[C@H](CCNC(=O)OC(C)(C)C)CC(=O)O. The molecule has 20 heavy (non-hydrogen) atoms. The Bertz CT molecular complexity index is 298. The zero-order valence-electron chi connectivity index (χ0n) is 12.9. The van der Waals surface area contributed by atoms with Gasteiger partial charge in [-0.05, 0) is 39.5 Å². The number of amides is 1. The van der Waals surface area contributed by atoms with E-state index in [0.29, 0.717) is 26.2 Å². The number of carboxylic acids is 1. The lowest BCUT2D eigenvalue weighted by Crippen LogP contribution is -2.34. The van der Waals surface area contributed by atoms with Crippen LogP contribution < -0.4 is 5.32 Å². The molecule has 2 N–H and O–H groups in total. The first-order valence-corrected chi connectivity index (χ1v) is 7.01. The molecule has 118 valence electrons. The van der Waals surface area contributed by atoms with Crippen molar-refractivity contribution in [3.05, 3.63) is 0 Å². The maximum atomic E-state index is 11.4. The number of carboxylic acid groups (broad SMARTS) is 1. The van der Waals surface area contributed by atoms with Crippen molar-refractivity contribution in [1.29, 1.82) is 0 Å². The Hall–Kier alpha value is -1.30. The van der Waals surface area contributed by atoms with Gasteiger partial charge in [0.1, 0.15) is 5.60 Å². The lowest BCUT2D eigenvalue weighted by atomic mass is 10.0. The standard InChI is InChI=1S/C14H27NO5/c1-5-8-19-10-11(9-12(16)17)6-7-15-13(18)20-14(2,3)4/h11H,5-10H2,1-4H3,(H,15,18)(H,16,17)/t11-/m1/s1. The fourth-order valence-corrected chi connectivity index (χ4v) is 1.58. The number of nitrogens with one attached hydrogen (secondary N) is 1. The second-order valence-corrected chi connectivity index (χ2v) is 5.76. The molecule has 0 aliphatic carbocycles. The summed E-state index contributed by atoms with van der Waals surface area (Å²) in [4.78, 5) is 22.2. The van der Waals surface area contributed by atoms with Crippen LogP contribution in [0.25, 0.3) is 0 Å². The van der Waals surface area contributed by atoms with Crippen LogP contribution in [0.4, 0.5) is 4.79 Å². The van der Waals surface area contributed by atoms with Gasteiger partial charge in [-0.15, -0.1) is 0 Å². The van der Waals surface area contributed by atoms with Crippen LogP contribution in [-0.2, 0) is 14.3 Å². The third kappa shape index (κ3) is 11.8. The summed E-state index contributed by atoms with van der Waals surface area (Å²) in [5.41, 5.74) is -0.533. The van der Waals surface area contributed by atoms with Crippen LogP contribution in [-0.4, -0.2) is 42.5 Å². The molecule has 0 aromatic rings. The molecule has 0 heterocycles. The van der Waals surface area contributed by atoms with Crippen molar-refractivity contribution in [3.8, 4) is 0 Å². The molecule has 1 atom stereocenters. The van der Waals surface area contributed by atoms with Crippen LogP contribution in [0, 0.1) is 5.92 Å². The van der Waals surface area contributed by atoms with Gasteiger partial charge in [-0.3, -0.25) is 4.79 Å². The van der Waals surface area contributed by atoms with Gasteiger partial charge in [-0.25, -0.2) is 4.79 Å². The molecule has 0 unspecified atom stereocenters. The van der Waals surface area contributed by atoms with Gasteiger partial charge in [0, 0.05) is 13.2 Å². The number of carbonyl (C=O) groups excluding carboxylic acids is 1. The summed E-state index contributed by atoms with van der Waals surface area (Å²) < 4.78 is 10.5. The lowest BCUT2D eigenvalue weighted by Gasteiger charge is -2.20. The van der Waals surface area contributed by atoms with Crippen molar-refractivity contribution in [2.24, 2.45) is 5.92 Å². The maximum absolute atomic E-state index is 11.4. The normalized spacial score (nSPS) is 12.8. The molecule has 0 bridgehead atoms. The first-order valence-electron chi connectivity index (χ1n) is 7.01. The van der Waals surface area contributed by atoms with E-state index in [1.54, 1.807) is 20.8 Å². The zero-order valence-corrected chi connectivity index (χ0v) is 12.9. The summed E-state index contributed by atoms with van der Waals surface area (Å²) in [5, 5.41) is 11.5. The molecule has 0 aliphatic heterocycles. The Labute approximate surface area is 120 Å². The lowest BCUT2D eigenvalue weighted by molar-refractivity contribution is -0.138. The Morgan fingerprint density at radius 1 is 1.30 bits per heavy atom. The summed E-state index contributed by atoms with van der Waals surface area (Å²) in [6.07, 6.45) is 1.01. The smallest absolute Gasteiger partial charge is 0.407 e. The van der Waals surface area contributed by atoms with E-state index in [1.165, 1.54) is 0 Å². The third-order valence-electron chi connectivity index (χ3n) is 2.39. The average molecular weight is 289 g/mol. The second kappa shape index (κ2) is 9.58. The minimum atomic E-state index is -0.854. The van der Waals surface area contributed by atoms with E-state index in [0.717, 1.165) is 6.42 Å². The summed E-state index contributed by atoms with van der Waals surface area (Å²) >= 11 is 0. The highest BCUT2D eigenvalue weighted by Crippen LogP contribution is 2.10. The van der Waals surface area contributed by atoms with E-state index in [2.05, 4.69) is 5.32 Å². The Morgan fingerprint density at radius 3 is 2.45 bits per heavy atom. The first-order chi connectivity index (χ1) is 9.24. The van der Waals surface area contributed by atoms with Crippen molar-refractivity contribution < 1.29 is 24.2 Å². The number of hydrogen-bond acceptors (Lipinski definition) is 4. The average Bonchev–Trinajstić information content (AvgIpc) is 2.25. The first kappa shape index (κ1) is 18.7. The van der Waals surface area contributed by atoms with Gasteiger partial charge in [0.05, 0.1) is 13.0 Å². The summed E-state index contributed by atoms with van der Waals surface area (Å²) in [6, 6.07) is 0. The van der Waals surface area contributed by atoms with Crippen LogP contribution in [0.3, 0.4) is 0 Å². The Morgan fingerprint density at radius 2 is 1.95 bits per heavy atom. The van der Waals surface area contributed by atoms with Crippen LogP contribution in [0.1, 0.15) is 47.0 Å². The van der Waals surface area contributed by atoms with E-state index in [4.69, 9.17) is 14.6 Å². The van der Waals surface area contributed by atoms with Gasteiger partial charge in [0.25, 0.3) is 0 Å². The molecule has 6 heteroatoms. The molecule has 0 fully saturated rings. The topological polar surface area (TPSA) is 84.9 Å². The predicted molar refractivity (Wildman–Crippen MR) is 75.7 cm³/mol. The highest BCUT2D eigenvalue weighted by atomic mass is 16.6. The quantitative estimate of drug-likeness (QED) is 0.637. The van der Waals surface area contributed by atoms with Gasteiger partial charge in [0.15, 0.2) is 0 Å². The maximum Gasteiger partial charge on any atom is 0.407 e. The number of carbonyl (C=O) groups is 2. The molecular formula is C14H27NO5. The summed E-state index contributed by atoms with van der Waals surface area (Å²) in [6.45, 7) is 8.76. The third-order valence-corrected chi connectivity index (χ3v) is 2.39. The van der Waals surface area contributed by atoms with E-state index in [9.17, 15) is 9.59 Å². The predicted octanol–water partition coefficient (Wildman–Crippen LogP) is 2.42. The van der Waals surface area contributed by atoms with Crippen LogP contribution in [0.15, 0.2) is 0 Å². The van der Waals surface area contributed by atoms with E-state index < -0.39 is 17.7 Å². The summed E-state index contributed by atoms with van der Waals surface area (Å²) in [7, 11) is 0. The minimum Gasteiger partial charge on any atom is -0.481 e. The molecule has 1 amide bonds. The minimum absolute atomic E-state index is 0.0414. The van der Waals surface area contributed by atoms with Gasteiger partial charge < -0.3 is 19.9 Å². The van der Waals surface area contributed by atoms with Crippen molar-refractivity contribution in [3.63, 3.8) is 0 Å². The van der Waals surface area contributed by atoms with Crippen molar-refractivity contribution in [2.75, 3.05) is 19.8 Å². The molecule has 6 nitrogen and oxygen atoms in total. The zero-order chi connectivity index (χ0) is 15.6. The Kier molecular flexibility index (Phi) is 8.96. The largest absolute Gasteiger partial charge is 0.481 e. The highest BCUT2D eigenvalue weighted by Gasteiger charge is 2.17. The van der Waals surface area contributed by atoms with E-state index in [1.807, 2.05) is 6.92 Å². The molecule has 0 aromatic carbocycles. The highest BCUT2D eigenvalue weighted by molar-refractivity contribution is 5.68. The number of alkyl carbamates (subject to hydrolysis) is 1. The summed E-state index contributed by atoms with van der Waals surface area (Å²) in [5.74, 6) is -0.957. The number of hydrogen-bond donors (Lipinski definition) is 2. The number of aliphatic carboxylic acids is 1. The van der Waals surface area contributed by atoms with Crippen LogP contribution >= 0.6 is 0 Å². The molecule has 0 saturated carbocycles. The molecule has 0 saturated heterocycles. The second-order valence-electron chi connectivity index (χ2n) is 5.76. The monoisotopic (exact) mass is 289 g/mol. The molecule has 0 radical (unpaired) electrons. The fourth-order valence-electron chi connectivity index (χ4n) is 1.58. The van der Waals surface area contributed by atoms with Gasteiger partial charge in [-0.1, -0.05) is 6.92 Å². The van der Waals surface area contributed by atoms with Crippen LogP contribution in [0.5, 0.6) is 0 Å². The van der Waals surface area contributed by atoms with Gasteiger partial charge >= 0.3 is 12.1 Å². The molecule has 0 aliphatic rings. The number of rotatable bonds is 9. The van der Waals surface area contributed by atoms with Crippen molar-refractivity contribution in [2.45, 2.75) is 52.6 Å². The van der Waals surface area contributed by atoms with Crippen LogP contribution in [0.2, 0.25) is 0 Å². The van der Waals surface area contributed by atoms with E-state index in [-0.39, 0.29) is 12.3 Å². The number of ether oxygens (including phenoxy) is 2. The van der Waals surface area contributed by atoms with Gasteiger partial charge in [0.2, 0.25) is 0 Å². The molecule has 0 aromatic heterocycles. The molecular weight excluding hydrogens is 262 g/mol. The van der Waals surface area contributed by atoms with Gasteiger partial charge in [-0.2, -0.15) is 0 Å².